The second-order valence-corrected chi connectivity index (χ2v) is 19.9. The van der Waals surface area contributed by atoms with Gasteiger partial charge < -0.3 is 58.7 Å². The lowest BCUT2D eigenvalue weighted by molar-refractivity contribution is -0.313. The number of aliphatic hydroxyl groups excluding tert-OH is 1. The van der Waals surface area contributed by atoms with Crippen LogP contribution in [0.4, 0.5) is 0 Å². The number of aliphatic imine (C=N–C) groups is 1. The second-order valence-electron chi connectivity index (χ2n) is 19.9. The summed E-state index contributed by atoms with van der Waals surface area (Å²) in [4.78, 5) is 53.8. The third kappa shape index (κ3) is 10.8. The largest absolute Gasteiger partial charge is 0.454 e. The molecule has 0 bridgehead atoms. The molecule has 354 valence electrons. The molecule has 5 aliphatic rings. The summed E-state index contributed by atoms with van der Waals surface area (Å²) < 4.78 is 39.2. The molecule has 5 saturated heterocycles. The predicted molar refractivity (Wildman–Crippen MR) is 235 cm³/mol. The second kappa shape index (κ2) is 20.0. The van der Waals surface area contributed by atoms with Gasteiger partial charge in [-0.05, 0) is 78.7 Å². The van der Waals surface area contributed by atoms with E-state index in [4.69, 9.17) is 33.4 Å². The topological polar surface area (TPSA) is 181 Å². The first-order valence-corrected chi connectivity index (χ1v) is 23.1. The molecule has 16 heteroatoms. The summed E-state index contributed by atoms with van der Waals surface area (Å²) in [6.45, 7) is 17.5. The predicted octanol–water partition coefficient (Wildman–Crippen LogP) is 3.50. The molecule has 5 aliphatic heterocycles. The molecule has 0 spiro atoms. The number of carbonyl (C=O) groups is 3. The van der Waals surface area contributed by atoms with Crippen LogP contribution in [0.1, 0.15) is 100.0 Å². The number of nitrogens with zero attached hydrogens (tertiary/aromatic N) is 4. The van der Waals surface area contributed by atoms with Crippen molar-refractivity contribution < 1.29 is 53.0 Å². The van der Waals surface area contributed by atoms with Gasteiger partial charge in [-0.3, -0.25) is 14.4 Å². The molecule has 3 amide bonds. The number of methoxy groups -OCH3 is 1. The van der Waals surface area contributed by atoms with E-state index in [2.05, 4.69) is 5.32 Å². The summed E-state index contributed by atoms with van der Waals surface area (Å²) in [5, 5.41) is 27.1. The Balaban J connectivity index is 1.43. The lowest BCUT2D eigenvalue weighted by Gasteiger charge is -2.48. The Hall–Kier alpha value is -3.38. The lowest BCUT2D eigenvalue weighted by atomic mass is 9.77. The first-order chi connectivity index (χ1) is 29.6. The van der Waals surface area contributed by atoms with Gasteiger partial charge >= 0.3 is 0 Å². The summed E-state index contributed by atoms with van der Waals surface area (Å²) in [5.74, 6) is -2.89. The Morgan fingerprint density at radius 1 is 0.984 bits per heavy atom. The van der Waals surface area contributed by atoms with Crippen molar-refractivity contribution in [2.24, 2.45) is 22.7 Å². The molecule has 6 rings (SSSR count). The molecule has 0 aromatic heterocycles. The van der Waals surface area contributed by atoms with Crippen molar-refractivity contribution in [3.8, 4) is 0 Å². The lowest BCUT2D eigenvalue weighted by Crippen LogP contribution is -2.61. The van der Waals surface area contributed by atoms with Crippen molar-refractivity contribution in [3.05, 3.63) is 35.9 Å². The molecular weight excluding hydrogens is 811 g/mol. The molecule has 16 nitrogen and oxygen atoms in total. The Bertz CT molecular complexity index is 1770. The van der Waals surface area contributed by atoms with Crippen molar-refractivity contribution >= 4 is 23.7 Å². The fourth-order valence-electron chi connectivity index (χ4n) is 10.6. The minimum Gasteiger partial charge on any atom is -0.454 e. The van der Waals surface area contributed by atoms with Crippen LogP contribution in [0, 0.1) is 17.8 Å². The van der Waals surface area contributed by atoms with Gasteiger partial charge in [0.2, 0.25) is 17.7 Å². The maximum atomic E-state index is 14.9. The van der Waals surface area contributed by atoms with Crippen LogP contribution in [0.3, 0.4) is 0 Å². The van der Waals surface area contributed by atoms with Gasteiger partial charge in [-0.2, -0.15) is 0 Å². The average Bonchev–Trinajstić information content (AvgIpc) is 3.83. The zero-order valence-electron chi connectivity index (χ0n) is 39.6. The monoisotopic (exact) mass is 886 g/mol. The number of rotatable bonds is 8. The number of likely N-dealkylation sites (N-methyl/N-ethyl adjacent to an activating group) is 2. The minimum absolute atomic E-state index is 0.0173. The molecule has 0 aliphatic carbocycles. The van der Waals surface area contributed by atoms with Gasteiger partial charge in [0.15, 0.2) is 18.7 Å². The number of ether oxygens (including phenoxy) is 6. The highest BCUT2D eigenvalue weighted by atomic mass is 16.7. The van der Waals surface area contributed by atoms with Crippen LogP contribution < -0.4 is 5.32 Å². The first-order valence-electron chi connectivity index (χ1n) is 23.1. The minimum atomic E-state index is -1.58. The molecule has 1 aromatic carbocycles. The van der Waals surface area contributed by atoms with E-state index >= 15 is 0 Å². The molecule has 16 atom stereocenters. The Morgan fingerprint density at radius 2 is 1.68 bits per heavy atom. The summed E-state index contributed by atoms with van der Waals surface area (Å²) in [7, 11) is 5.22. The summed E-state index contributed by atoms with van der Waals surface area (Å²) in [6, 6.07) is 8.15. The molecule has 0 radical (unpaired) electrons. The van der Waals surface area contributed by atoms with Crippen molar-refractivity contribution in [2.75, 3.05) is 34.3 Å². The maximum absolute atomic E-state index is 14.9. The van der Waals surface area contributed by atoms with Crippen LogP contribution in [-0.2, 0) is 49.2 Å². The SMILES string of the molecule is CO[C@]1(C)C[C@H](OC2C(C)C(=O)NC(Cc3ccccc3)C(=O)N3CCC[C@H]3C(=O)N(C)C[C@H](C)C[C@@](C)(O)[C@H](OC3O[C@H](C)CC4[C@H]3OC(=NC(C)C)N4C)[C@H]2C)OC(C)[C@@H]1O. The number of nitrogens with one attached hydrogen (secondary N) is 1. The number of hydrogen-bond acceptors (Lipinski definition) is 12. The van der Waals surface area contributed by atoms with E-state index in [1.54, 1.807) is 44.5 Å². The van der Waals surface area contributed by atoms with E-state index in [9.17, 15) is 24.6 Å². The zero-order valence-corrected chi connectivity index (χ0v) is 39.6. The summed E-state index contributed by atoms with van der Waals surface area (Å²) >= 11 is 0. The van der Waals surface area contributed by atoms with Crippen LogP contribution in [0.5, 0.6) is 0 Å². The van der Waals surface area contributed by atoms with Crippen LogP contribution >= 0.6 is 0 Å². The number of carbonyl (C=O) groups excluding carboxylic acids is 3. The third-order valence-electron chi connectivity index (χ3n) is 14.0. The van der Waals surface area contributed by atoms with E-state index < -0.39 is 84.1 Å². The molecule has 0 saturated carbocycles. The molecule has 5 fully saturated rings. The highest BCUT2D eigenvalue weighted by Crippen LogP contribution is 2.41. The Morgan fingerprint density at radius 3 is 2.35 bits per heavy atom. The van der Waals surface area contributed by atoms with E-state index in [0.29, 0.717) is 38.4 Å². The van der Waals surface area contributed by atoms with Gasteiger partial charge in [0.05, 0.1) is 47.6 Å². The number of aliphatic hydroxyl groups is 2. The highest BCUT2D eigenvalue weighted by molar-refractivity contribution is 5.93. The van der Waals surface area contributed by atoms with Crippen molar-refractivity contribution in [2.45, 2.75) is 185 Å². The normalized spacial score (nSPS) is 41.7. The molecular formula is C47H75N5O11. The Kier molecular flexibility index (Phi) is 15.6. The highest BCUT2D eigenvalue weighted by Gasteiger charge is 2.54. The van der Waals surface area contributed by atoms with Gasteiger partial charge in [0.1, 0.15) is 18.2 Å². The summed E-state index contributed by atoms with van der Waals surface area (Å²) in [5.41, 5.74) is -1.77. The van der Waals surface area contributed by atoms with Crippen LogP contribution in [0.25, 0.3) is 0 Å². The van der Waals surface area contributed by atoms with Crippen LogP contribution in [0.2, 0.25) is 0 Å². The van der Waals surface area contributed by atoms with Gasteiger partial charge in [-0.15, -0.1) is 0 Å². The van der Waals surface area contributed by atoms with E-state index in [-0.39, 0.29) is 55.2 Å². The third-order valence-corrected chi connectivity index (χ3v) is 14.0. The van der Waals surface area contributed by atoms with E-state index in [1.807, 2.05) is 76.9 Å². The number of benzene rings is 1. The average molecular weight is 886 g/mol. The number of amidine groups is 1. The number of fused-ring (bicyclic) bond motifs is 2. The summed E-state index contributed by atoms with van der Waals surface area (Å²) in [6.07, 6.45) is -4.00. The molecule has 63 heavy (non-hydrogen) atoms. The van der Waals surface area contributed by atoms with Gasteiger partial charge in [-0.25, -0.2) is 4.99 Å². The van der Waals surface area contributed by atoms with Crippen LogP contribution in [-0.4, -0.2) is 168 Å². The first kappa shape index (κ1) is 49.1. The van der Waals surface area contributed by atoms with E-state index in [1.165, 1.54) is 7.11 Å². The van der Waals surface area contributed by atoms with Crippen LogP contribution in [0.15, 0.2) is 35.3 Å². The quantitative estimate of drug-likeness (QED) is 0.347. The zero-order chi connectivity index (χ0) is 46.1. The van der Waals surface area contributed by atoms with Crippen molar-refractivity contribution in [1.29, 1.82) is 0 Å². The molecule has 3 N–H and O–H groups in total. The van der Waals surface area contributed by atoms with Gasteiger partial charge in [-0.1, -0.05) is 51.1 Å². The Labute approximate surface area is 374 Å². The fraction of sp³-hybridized carbons (Fsp3) is 0.787. The standard InChI is InChI=1S/C47H75N5O11/c1-26(2)48-45-51(11)35-21-28(4)59-44(38(35)62-45)63-40-29(5)37(61-36-24-47(9,58-12)39(53)31(7)60-36)30(6)41(54)49-33(22-32-17-14-13-15-18-32)42(55)52-20-16-19-34(52)43(56)50(10)25-27(3)23-46(40,8)57/h13-15,17-18,26-31,33-40,44,53,57H,16,19-25H2,1-12H3,(H,49,54)/t27-,28-,29+,30?,31?,33?,34+,35?,36+,37?,38-,39+,40-,44?,46-,47-/m1/s1. The molecule has 6 unspecified atom stereocenters. The van der Waals surface area contributed by atoms with Crippen molar-refractivity contribution in [1.82, 2.24) is 20.0 Å². The fourth-order valence-corrected chi connectivity index (χ4v) is 10.6. The van der Waals surface area contributed by atoms with Crippen molar-refractivity contribution in [3.63, 3.8) is 0 Å². The van der Waals surface area contributed by atoms with Gasteiger partial charge in [0, 0.05) is 59.1 Å². The maximum Gasteiger partial charge on any atom is 0.288 e. The number of amides is 3. The number of hydrogen-bond donors (Lipinski definition) is 3. The van der Waals surface area contributed by atoms with E-state index in [0.717, 1.165) is 5.56 Å². The smallest absolute Gasteiger partial charge is 0.288 e. The molecule has 5 heterocycles. The van der Waals surface area contributed by atoms with Gasteiger partial charge in [0.25, 0.3) is 6.02 Å². The molecule has 1 aromatic rings.